The second kappa shape index (κ2) is 5.70. The van der Waals surface area contributed by atoms with E-state index in [0.717, 1.165) is 27.8 Å². The summed E-state index contributed by atoms with van der Waals surface area (Å²) in [6, 6.07) is 9.86. The lowest BCUT2D eigenvalue weighted by molar-refractivity contribution is 0.848. The predicted octanol–water partition coefficient (Wildman–Crippen LogP) is 4.41. The fourth-order valence-corrected chi connectivity index (χ4v) is 2.73. The zero-order valence-corrected chi connectivity index (χ0v) is 13.5. The van der Waals surface area contributed by atoms with Gasteiger partial charge in [0.15, 0.2) is 0 Å². The van der Waals surface area contributed by atoms with Gasteiger partial charge < -0.3 is 4.90 Å². The summed E-state index contributed by atoms with van der Waals surface area (Å²) in [5, 5.41) is 0.762. The van der Waals surface area contributed by atoms with Gasteiger partial charge in [-0.3, -0.25) is 0 Å². The van der Waals surface area contributed by atoms with Crippen LogP contribution in [-0.2, 0) is 6.54 Å². The van der Waals surface area contributed by atoms with Gasteiger partial charge in [-0.15, -0.1) is 0 Å². The van der Waals surface area contributed by atoms with Crippen LogP contribution in [0.4, 0.5) is 5.82 Å². The molecule has 0 spiro atoms. The number of rotatable bonds is 4. The maximum Gasteiger partial charge on any atom is 0.135 e. The molecule has 3 nitrogen and oxygen atoms in total. The highest BCUT2D eigenvalue weighted by atomic mass is 79.9. The normalized spacial score (nSPS) is 14.3. The van der Waals surface area contributed by atoms with Crippen LogP contribution in [0.2, 0.25) is 5.02 Å². The Kier molecular flexibility index (Phi) is 3.94. The Morgan fingerprint density at radius 1 is 1.30 bits per heavy atom. The zero-order valence-electron chi connectivity index (χ0n) is 11.2. The standard InChI is InChI=1S/C15H15BrClN3/c1-20(9-10-3-2-4-12(17)7-10)14-8-13(16)18-15(19-14)11-5-6-11/h2-4,7-8,11H,5-6,9H2,1H3. The van der Waals surface area contributed by atoms with Crippen LogP contribution >= 0.6 is 27.5 Å². The number of anilines is 1. The third-order valence-corrected chi connectivity index (χ3v) is 3.98. The summed E-state index contributed by atoms with van der Waals surface area (Å²) < 4.78 is 0.849. The Labute approximate surface area is 132 Å². The zero-order chi connectivity index (χ0) is 14.1. The van der Waals surface area contributed by atoms with Crippen LogP contribution in [-0.4, -0.2) is 17.0 Å². The third kappa shape index (κ3) is 3.30. The van der Waals surface area contributed by atoms with Crippen molar-refractivity contribution in [1.29, 1.82) is 0 Å². The summed E-state index contributed by atoms with van der Waals surface area (Å²) in [6.45, 7) is 0.772. The first kappa shape index (κ1) is 13.8. The maximum atomic E-state index is 6.02. The molecule has 1 saturated carbocycles. The van der Waals surface area contributed by atoms with E-state index in [-0.39, 0.29) is 0 Å². The molecule has 0 radical (unpaired) electrons. The maximum absolute atomic E-state index is 6.02. The molecule has 1 fully saturated rings. The molecule has 1 aliphatic carbocycles. The van der Waals surface area contributed by atoms with E-state index in [0.29, 0.717) is 5.92 Å². The van der Waals surface area contributed by atoms with Gasteiger partial charge in [0.1, 0.15) is 16.2 Å². The highest BCUT2D eigenvalue weighted by Gasteiger charge is 2.27. The van der Waals surface area contributed by atoms with Gasteiger partial charge in [0, 0.05) is 30.6 Å². The fraction of sp³-hybridized carbons (Fsp3) is 0.333. The Morgan fingerprint density at radius 3 is 2.80 bits per heavy atom. The summed E-state index contributed by atoms with van der Waals surface area (Å²) in [7, 11) is 2.03. The molecule has 0 atom stereocenters. The van der Waals surface area contributed by atoms with Gasteiger partial charge >= 0.3 is 0 Å². The molecule has 0 amide bonds. The topological polar surface area (TPSA) is 29.0 Å². The van der Waals surface area contributed by atoms with Crippen LogP contribution < -0.4 is 4.90 Å². The Balaban J connectivity index is 1.81. The second-order valence-electron chi connectivity index (χ2n) is 5.17. The van der Waals surface area contributed by atoms with Crippen LogP contribution in [0.15, 0.2) is 34.9 Å². The van der Waals surface area contributed by atoms with Gasteiger partial charge in [-0.1, -0.05) is 23.7 Å². The van der Waals surface area contributed by atoms with Gasteiger partial charge in [0.25, 0.3) is 0 Å². The minimum atomic E-state index is 0.547. The summed E-state index contributed by atoms with van der Waals surface area (Å²) in [5.74, 6) is 2.44. The van der Waals surface area contributed by atoms with Gasteiger partial charge in [-0.2, -0.15) is 0 Å². The van der Waals surface area contributed by atoms with Crippen molar-refractivity contribution in [2.75, 3.05) is 11.9 Å². The first-order chi connectivity index (χ1) is 9.61. The van der Waals surface area contributed by atoms with E-state index in [2.05, 4.69) is 36.9 Å². The molecule has 1 aromatic carbocycles. The van der Waals surface area contributed by atoms with Gasteiger partial charge in [-0.05, 0) is 46.5 Å². The fourth-order valence-electron chi connectivity index (χ4n) is 2.13. The van der Waals surface area contributed by atoms with E-state index in [1.54, 1.807) is 0 Å². The molecule has 0 bridgehead atoms. The van der Waals surface area contributed by atoms with Crippen molar-refractivity contribution in [1.82, 2.24) is 9.97 Å². The number of halogens is 2. The lowest BCUT2D eigenvalue weighted by Crippen LogP contribution is -2.18. The highest BCUT2D eigenvalue weighted by Crippen LogP contribution is 2.39. The minimum absolute atomic E-state index is 0.547. The third-order valence-electron chi connectivity index (χ3n) is 3.34. The van der Waals surface area contributed by atoms with E-state index >= 15 is 0 Å². The van der Waals surface area contributed by atoms with Crippen molar-refractivity contribution in [2.45, 2.75) is 25.3 Å². The number of hydrogen-bond acceptors (Lipinski definition) is 3. The molecular formula is C15H15BrClN3. The van der Waals surface area contributed by atoms with Crippen LogP contribution in [0, 0.1) is 0 Å². The summed E-state index contributed by atoms with van der Waals surface area (Å²) in [4.78, 5) is 11.2. The first-order valence-corrected chi connectivity index (χ1v) is 7.79. The Bertz CT molecular complexity index is 628. The number of hydrogen-bond donors (Lipinski definition) is 0. The summed E-state index contributed by atoms with van der Waals surface area (Å²) >= 11 is 9.50. The molecule has 0 unspecified atom stereocenters. The SMILES string of the molecule is CN(Cc1cccc(Cl)c1)c1cc(Br)nc(C2CC2)n1. The molecule has 0 saturated heterocycles. The number of nitrogens with zero attached hydrogens (tertiary/aromatic N) is 3. The van der Waals surface area contributed by atoms with Crippen molar-refractivity contribution < 1.29 is 0 Å². The van der Waals surface area contributed by atoms with E-state index in [4.69, 9.17) is 11.6 Å². The van der Waals surface area contributed by atoms with E-state index in [9.17, 15) is 0 Å². The quantitative estimate of drug-likeness (QED) is 0.763. The molecule has 20 heavy (non-hydrogen) atoms. The van der Waals surface area contributed by atoms with E-state index in [1.165, 1.54) is 18.4 Å². The van der Waals surface area contributed by atoms with Crippen molar-refractivity contribution in [3.8, 4) is 0 Å². The van der Waals surface area contributed by atoms with E-state index in [1.807, 2.05) is 31.3 Å². The average molecular weight is 353 g/mol. The van der Waals surface area contributed by atoms with Crippen LogP contribution in [0.3, 0.4) is 0 Å². The van der Waals surface area contributed by atoms with Crippen molar-refractivity contribution >= 4 is 33.3 Å². The van der Waals surface area contributed by atoms with Gasteiger partial charge in [-0.25, -0.2) is 9.97 Å². The highest BCUT2D eigenvalue weighted by molar-refractivity contribution is 9.10. The molecule has 1 aliphatic rings. The molecule has 0 aliphatic heterocycles. The number of aromatic nitrogens is 2. The molecule has 1 heterocycles. The van der Waals surface area contributed by atoms with E-state index < -0.39 is 0 Å². The number of benzene rings is 1. The monoisotopic (exact) mass is 351 g/mol. The molecule has 5 heteroatoms. The van der Waals surface area contributed by atoms with Crippen LogP contribution in [0.5, 0.6) is 0 Å². The van der Waals surface area contributed by atoms with Gasteiger partial charge in [0.2, 0.25) is 0 Å². The van der Waals surface area contributed by atoms with Crippen molar-refractivity contribution in [3.63, 3.8) is 0 Å². The molecule has 0 N–H and O–H groups in total. The second-order valence-corrected chi connectivity index (χ2v) is 6.42. The van der Waals surface area contributed by atoms with Crippen molar-refractivity contribution in [3.05, 3.63) is 51.3 Å². The first-order valence-electron chi connectivity index (χ1n) is 6.62. The van der Waals surface area contributed by atoms with Crippen LogP contribution in [0.25, 0.3) is 0 Å². The largest absolute Gasteiger partial charge is 0.355 e. The lowest BCUT2D eigenvalue weighted by atomic mass is 10.2. The molecule has 3 rings (SSSR count). The minimum Gasteiger partial charge on any atom is -0.355 e. The molecule has 104 valence electrons. The van der Waals surface area contributed by atoms with Gasteiger partial charge in [0.05, 0.1) is 0 Å². The Hall–Kier alpha value is -1.13. The Morgan fingerprint density at radius 2 is 2.10 bits per heavy atom. The molecule has 2 aromatic rings. The average Bonchev–Trinajstić information content (AvgIpc) is 3.22. The molecular weight excluding hydrogens is 338 g/mol. The summed E-state index contributed by atoms with van der Waals surface area (Å²) in [5.41, 5.74) is 1.17. The predicted molar refractivity (Wildman–Crippen MR) is 85.3 cm³/mol. The van der Waals surface area contributed by atoms with Crippen LogP contribution in [0.1, 0.15) is 30.1 Å². The molecule has 1 aromatic heterocycles. The summed E-state index contributed by atoms with van der Waals surface area (Å²) in [6.07, 6.45) is 2.40. The smallest absolute Gasteiger partial charge is 0.135 e. The van der Waals surface area contributed by atoms with Crippen molar-refractivity contribution in [2.24, 2.45) is 0 Å². The lowest BCUT2D eigenvalue weighted by Gasteiger charge is -2.19.